The number of nitrogens with zero attached hydrogens (tertiary/aromatic N) is 1. The smallest absolute Gasteiger partial charge is 0.351 e. The Morgan fingerprint density at radius 1 is 1.44 bits per heavy atom. The van der Waals surface area contributed by atoms with Crippen molar-refractivity contribution in [2.24, 2.45) is 5.73 Å². The topological polar surface area (TPSA) is 57.2 Å². The van der Waals surface area contributed by atoms with Crippen LogP contribution < -0.4 is 11.3 Å². The Balaban J connectivity index is 2.65. The molecular formula is C9H11F3N2O2. The summed E-state index contributed by atoms with van der Waals surface area (Å²) in [7, 11) is 0. The third-order valence-electron chi connectivity index (χ3n) is 1.81. The molecule has 0 radical (unpaired) electrons. The number of nitrogens with two attached hydrogens (primary N) is 1. The van der Waals surface area contributed by atoms with E-state index >= 15 is 0 Å². The molecule has 1 aromatic heterocycles. The maximum atomic E-state index is 11.8. The number of pyridine rings is 1. The normalized spacial score (nSPS) is 11.8. The van der Waals surface area contributed by atoms with E-state index in [1.165, 1.54) is 18.3 Å². The summed E-state index contributed by atoms with van der Waals surface area (Å²) in [5, 5.41) is 0. The van der Waals surface area contributed by atoms with Crippen LogP contribution in [-0.4, -0.2) is 17.4 Å². The van der Waals surface area contributed by atoms with Gasteiger partial charge in [-0.05, 0) is 6.07 Å². The van der Waals surface area contributed by atoms with E-state index in [-0.39, 0.29) is 6.54 Å². The fourth-order valence-corrected chi connectivity index (χ4v) is 1.10. The molecular weight excluding hydrogens is 225 g/mol. The highest BCUT2D eigenvalue weighted by molar-refractivity contribution is 5.09. The van der Waals surface area contributed by atoms with Crippen molar-refractivity contribution in [1.82, 2.24) is 4.57 Å². The van der Waals surface area contributed by atoms with Crippen molar-refractivity contribution >= 4 is 0 Å². The average molecular weight is 236 g/mol. The number of ether oxygens (including phenoxy) is 1. The van der Waals surface area contributed by atoms with Crippen molar-refractivity contribution in [2.45, 2.75) is 19.5 Å². The van der Waals surface area contributed by atoms with Gasteiger partial charge in [-0.3, -0.25) is 9.36 Å². The van der Waals surface area contributed by atoms with E-state index in [0.717, 1.165) is 4.57 Å². The van der Waals surface area contributed by atoms with Gasteiger partial charge in [0.15, 0.2) is 0 Å². The first kappa shape index (κ1) is 12.7. The van der Waals surface area contributed by atoms with Gasteiger partial charge in [0.25, 0.3) is 5.56 Å². The maximum Gasteiger partial charge on any atom is 0.411 e. The second-order valence-corrected chi connectivity index (χ2v) is 3.11. The minimum absolute atomic E-state index is 0.0406. The molecule has 1 heterocycles. The van der Waals surface area contributed by atoms with Crippen molar-refractivity contribution in [3.8, 4) is 0 Å². The van der Waals surface area contributed by atoms with Crippen LogP contribution in [-0.2, 0) is 18.0 Å². The van der Waals surface area contributed by atoms with Crippen LogP contribution in [0, 0.1) is 0 Å². The molecule has 0 saturated heterocycles. The van der Waals surface area contributed by atoms with Gasteiger partial charge < -0.3 is 10.5 Å². The summed E-state index contributed by atoms with van der Waals surface area (Å²) in [4.78, 5) is 11.5. The molecule has 4 nitrogen and oxygen atoms in total. The van der Waals surface area contributed by atoms with Crippen LogP contribution in [0.1, 0.15) is 5.56 Å². The number of hydrogen-bond donors (Lipinski definition) is 1. The summed E-state index contributed by atoms with van der Waals surface area (Å²) in [5.74, 6) is 0. The molecule has 1 rings (SSSR count). The van der Waals surface area contributed by atoms with Gasteiger partial charge in [-0.2, -0.15) is 13.2 Å². The first-order valence-electron chi connectivity index (χ1n) is 4.47. The second-order valence-electron chi connectivity index (χ2n) is 3.11. The number of halogens is 3. The van der Waals surface area contributed by atoms with E-state index < -0.39 is 25.1 Å². The quantitative estimate of drug-likeness (QED) is 0.842. The Labute approximate surface area is 89.4 Å². The predicted molar refractivity (Wildman–Crippen MR) is 50.6 cm³/mol. The minimum atomic E-state index is -4.39. The van der Waals surface area contributed by atoms with Crippen molar-refractivity contribution < 1.29 is 17.9 Å². The highest BCUT2D eigenvalue weighted by Crippen LogP contribution is 2.14. The molecule has 0 unspecified atom stereocenters. The van der Waals surface area contributed by atoms with Gasteiger partial charge in [-0.25, -0.2) is 0 Å². The fraction of sp³-hybridized carbons (Fsp3) is 0.444. The standard InChI is InChI=1S/C9H11F3N2O2/c10-9(11,12)5-16-6-14-3-1-2-7(4-13)8(14)15/h1-3H,4-6,13H2. The second kappa shape index (κ2) is 5.13. The summed E-state index contributed by atoms with van der Waals surface area (Å²) < 4.78 is 40.7. The lowest BCUT2D eigenvalue weighted by Gasteiger charge is -2.10. The zero-order valence-corrected chi connectivity index (χ0v) is 8.33. The molecule has 7 heteroatoms. The third kappa shape index (κ3) is 3.67. The summed E-state index contributed by atoms with van der Waals surface area (Å²) in [5.41, 5.74) is 5.18. The van der Waals surface area contributed by atoms with Crippen LogP contribution >= 0.6 is 0 Å². The number of hydrogen-bond acceptors (Lipinski definition) is 3. The highest BCUT2D eigenvalue weighted by Gasteiger charge is 2.27. The molecule has 90 valence electrons. The summed E-state index contributed by atoms with van der Waals surface area (Å²) >= 11 is 0. The molecule has 0 aromatic carbocycles. The Morgan fingerprint density at radius 3 is 2.69 bits per heavy atom. The Kier molecular flexibility index (Phi) is 4.08. The lowest BCUT2D eigenvalue weighted by molar-refractivity contribution is -0.182. The molecule has 0 fully saturated rings. The number of aromatic nitrogens is 1. The molecule has 16 heavy (non-hydrogen) atoms. The van der Waals surface area contributed by atoms with Crippen LogP contribution in [0.4, 0.5) is 13.2 Å². The molecule has 0 spiro atoms. The van der Waals surface area contributed by atoms with E-state index in [0.29, 0.717) is 5.56 Å². The zero-order valence-electron chi connectivity index (χ0n) is 8.33. The van der Waals surface area contributed by atoms with Crippen LogP contribution in [0.15, 0.2) is 23.1 Å². The van der Waals surface area contributed by atoms with Crippen molar-refractivity contribution in [3.05, 3.63) is 34.2 Å². The van der Waals surface area contributed by atoms with E-state index in [1.54, 1.807) is 0 Å². The van der Waals surface area contributed by atoms with Gasteiger partial charge in [-0.15, -0.1) is 0 Å². The van der Waals surface area contributed by atoms with Crippen LogP contribution in [0.25, 0.3) is 0 Å². The average Bonchev–Trinajstić information content (AvgIpc) is 2.19. The molecule has 0 bridgehead atoms. The largest absolute Gasteiger partial charge is 0.411 e. The van der Waals surface area contributed by atoms with Gasteiger partial charge in [0.05, 0.1) is 0 Å². The first-order chi connectivity index (χ1) is 7.44. The molecule has 0 atom stereocenters. The van der Waals surface area contributed by atoms with Crippen molar-refractivity contribution in [3.63, 3.8) is 0 Å². The summed E-state index contributed by atoms with van der Waals surface area (Å²) in [6.07, 6.45) is -3.05. The first-order valence-corrected chi connectivity index (χ1v) is 4.47. The Hall–Kier alpha value is -1.34. The summed E-state index contributed by atoms with van der Waals surface area (Å²) in [6.45, 7) is -1.78. The predicted octanol–water partition coefficient (Wildman–Crippen LogP) is 0.843. The third-order valence-corrected chi connectivity index (χ3v) is 1.81. The van der Waals surface area contributed by atoms with Crippen molar-refractivity contribution in [1.29, 1.82) is 0 Å². The van der Waals surface area contributed by atoms with E-state index in [1.807, 2.05) is 0 Å². The van der Waals surface area contributed by atoms with Gasteiger partial charge in [0, 0.05) is 18.3 Å². The lowest BCUT2D eigenvalue weighted by atomic mass is 10.3. The Bertz CT molecular complexity index is 400. The molecule has 1 aromatic rings. The van der Waals surface area contributed by atoms with Gasteiger partial charge in [-0.1, -0.05) is 6.07 Å². The van der Waals surface area contributed by atoms with Gasteiger partial charge in [0.2, 0.25) is 0 Å². The molecule has 0 aliphatic heterocycles. The Morgan fingerprint density at radius 2 is 2.12 bits per heavy atom. The molecule has 0 aliphatic carbocycles. The van der Waals surface area contributed by atoms with E-state index in [4.69, 9.17) is 5.73 Å². The minimum Gasteiger partial charge on any atom is -0.351 e. The molecule has 0 saturated carbocycles. The van der Waals surface area contributed by atoms with Crippen LogP contribution in [0.2, 0.25) is 0 Å². The van der Waals surface area contributed by atoms with E-state index in [2.05, 4.69) is 4.74 Å². The van der Waals surface area contributed by atoms with Crippen LogP contribution in [0.3, 0.4) is 0 Å². The SMILES string of the molecule is NCc1cccn(COCC(F)(F)F)c1=O. The van der Waals surface area contributed by atoms with Gasteiger partial charge >= 0.3 is 6.18 Å². The van der Waals surface area contributed by atoms with Gasteiger partial charge in [0.1, 0.15) is 13.3 Å². The number of alkyl halides is 3. The zero-order chi connectivity index (χ0) is 12.2. The lowest BCUT2D eigenvalue weighted by Crippen LogP contribution is -2.27. The molecule has 0 amide bonds. The van der Waals surface area contributed by atoms with Crippen molar-refractivity contribution in [2.75, 3.05) is 6.61 Å². The highest BCUT2D eigenvalue weighted by atomic mass is 19.4. The van der Waals surface area contributed by atoms with Crippen LogP contribution in [0.5, 0.6) is 0 Å². The monoisotopic (exact) mass is 236 g/mol. The summed E-state index contributed by atoms with van der Waals surface area (Å²) in [6, 6.07) is 3.04. The number of rotatable bonds is 4. The van der Waals surface area contributed by atoms with E-state index in [9.17, 15) is 18.0 Å². The molecule has 2 N–H and O–H groups in total. The molecule has 0 aliphatic rings. The fourth-order valence-electron chi connectivity index (χ4n) is 1.10. The maximum absolute atomic E-state index is 11.8.